The normalized spacial score (nSPS) is 11.8. The SMILES string of the molecule is Clc1cccc2[nH]c3c(nc4ccccn43)c12. The number of imidazole rings is 1. The van der Waals surface area contributed by atoms with E-state index in [1.54, 1.807) is 0 Å². The maximum Gasteiger partial charge on any atom is 0.143 e. The van der Waals surface area contributed by atoms with Crippen molar-refractivity contribution in [3.8, 4) is 0 Å². The van der Waals surface area contributed by atoms with Gasteiger partial charge in [0.15, 0.2) is 0 Å². The molecule has 0 aliphatic heterocycles. The molecule has 0 radical (unpaired) electrons. The molecule has 4 heteroatoms. The molecule has 17 heavy (non-hydrogen) atoms. The Morgan fingerprint density at radius 2 is 2.06 bits per heavy atom. The van der Waals surface area contributed by atoms with Crippen LogP contribution < -0.4 is 0 Å². The molecule has 0 bridgehead atoms. The second-order valence-corrected chi connectivity index (χ2v) is 4.43. The number of fused-ring (bicyclic) bond motifs is 5. The van der Waals surface area contributed by atoms with Gasteiger partial charge in [-0.2, -0.15) is 0 Å². The number of hydrogen-bond donors (Lipinski definition) is 1. The van der Waals surface area contributed by atoms with Crippen LogP contribution in [0.2, 0.25) is 5.02 Å². The molecule has 3 nitrogen and oxygen atoms in total. The summed E-state index contributed by atoms with van der Waals surface area (Å²) in [6.07, 6.45) is 1.99. The zero-order chi connectivity index (χ0) is 11.4. The second-order valence-electron chi connectivity index (χ2n) is 4.03. The number of rotatable bonds is 0. The molecule has 3 heterocycles. The fourth-order valence-corrected chi connectivity index (χ4v) is 2.55. The smallest absolute Gasteiger partial charge is 0.143 e. The van der Waals surface area contributed by atoms with Gasteiger partial charge in [0.1, 0.15) is 16.8 Å². The lowest BCUT2D eigenvalue weighted by Crippen LogP contribution is -1.82. The molecule has 0 aliphatic carbocycles. The Labute approximate surface area is 102 Å². The van der Waals surface area contributed by atoms with Crippen LogP contribution in [0.15, 0.2) is 42.6 Å². The van der Waals surface area contributed by atoms with Crippen LogP contribution in [0.5, 0.6) is 0 Å². The Balaban J connectivity index is 2.35. The summed E-state index contributed by atoms with van der Waals surface area (Å²) < 4.78 is 2.03. The van der Waals surface area contributed by atoms with Gasteiger partial charge in [-0.25, -0.2) is 4.98 Å². The quantitative estimate of drug-likeness (QED) is 0.501. The predicted molar refractivity (Wildman–Crippen MR) is 69.6 cm³/mol. The zero-order valence-electron chi connectivity index (χ0n) is 8.81. The number of halogens is 1. The van der Waals surface area contributed by atoms with Gasteiger partial charge in [-0.05, 0) is 24.3 Å². The molecule has 4 rings (SSSR count). The molecular formula is C13H8ClN3. The molecule has 0 saturated carbocycles. The molecule has 0 unspecified atom stereocenters. The molecule has 0 fully saturated rings. The number of hydrogen-bond acceptors (Lipinski definition) is 1. The largest absolute Gasteiger partial charge is 0.339 e. The van der Waals surface area contributed by atoms with Crippen molar-refractivity contribution in [2.45, 2.75) is 0 Å². The maximum absolute atomic E-state index is 6.24. The number of pyridine rings is 1. The van der Waals surface area contributed by atoms with E-state index in [0.717, 1.165) is 32.7 Å². The van der Waals surface area contributed by atoms with E-state index < -0.39 is 0 Å². The summed E-state index contributed by atoms with van der Waals surface area (Å²) in [5, 5.41) is 1.73. The summed E-state index contributed by atoms with van der Waals surface area (Å²) in [5.74, 6) is 0. The van der Waals surface area contributed by atoms with Gasteiger partial charge in [-0.1, -0.05) is 23.7 Å². The minimum absolute atomic E-state index is 0.733. The van der Waals surface area contributed by atoms with Crippen molar-refractivity contribution in [2.75, 3.05) is 0 Å². The van der Waals surface area contributed by atoms with Crippen LogP contribution in [-0.4, -0.2) is 14.4 Å². The first-order valence-corrected chi connectivity index (χ1v) is 5.75. The van der Waals surface area contributed by atoms with Gasteiger partial charge in [-0.3, -0.25) is 4.40 Å². The first-order valence-electron chi connectivity index (χ1n) is 5.37. The van der Waals surface area contributed by atoms with E-state index in [1.165, 1.54) is 0 Å². The molecule has 4 aromatic rings. The highest BCUT2D eigenvalue weighted by Gasteiger charge is 2.12. The highest BCUT2D eigenvalue weighted by molar-refractivity contribution is 6.37. The van der Waals surface area contributed by atoms with Gasteiger partial charge in [0.2, 0.25) is 0 Å². The minimum atomic E-state index is 0.733. The number of aromatic nitrogens is 3. The monoisotopic (exact) mass is 241 g/mol. The fraction of sp³-hybridized carbons (Fsp3) is 0. The summed E-state index contributed by atoms with van der Waals surface area (Å²) in [6.45, 7) is 0. The molecule has 0 spiro atoms. The van der Waals surface area contributed by atoms with E-state index in [9.17, 15) is 0 Å². The lowest BCUT2D eigenvalue weighted by molar-refractivity contribution is 1.20. The van der Waals surface area contributed by atoms with Crippen LogP contribution in [0.3, 0.4) is 0 Å². The van der Waals surface area contributed by atoms with Gasteiger partial charge in [0, 0.05) is 11.6 Å². The van der Waals surface area contributed by atoms with Gasteiger partial charge in [0.05, 0.1) is 10.5 Å². The van der Waals surface area contributed by atoms with Crippen LogP contribution in [0.1, 0.15) is 0 Å². The fourth-order valence-electron chi connectivity index (χ4n) is 2.29. The summed E-state index contributed by atoms with van der Waals surface area (Å²) in [5.41, 5.74) is 3.87. The zero-order valence-corrected chi connectivity index (χ0v) is 9.57. The van der Waals surface area contributed by atoms with E-state index >= 15 is 0 Å². The maximum atomic E-state index is 6.24. The number of nitrogens with one attached hydrogen (secondary N) is 1. The van der Waals surface area contributed by atoms with E-state index in [1.807, 2.05) is 47.0 Å². The second kappa shape index (κ2) is 3.02. The third kappa shape index (κ3) is 1.09. The Kier molecular flexibility index (Phi) is 1.61. The van der Waals surface area contributed by atoms with Crippen molar-refractivity contribution in [3.63, 3.8) is 0 Å². The standard InChI is InChI=1S/C13H8ClN3/c14-8-4-3-5-9-11(8)12-13(15-9)17-7-2-1-6-10(17)16-12/h1-7,15H. The molecular weight excluding hydrogens is 234 g/mol. The Morgan fingerprint density at radius 3 is 3.00 bits per heavy atom. The van der Waals surface area contributed by atoms with Crippen LogP contribution in [-0.2, 0) is 0 Å². The Morgan fingerprint density at radius 1 is 1.12 bits per heavy atom. The van der Waals surface area contributed by atoms with Gasteiger partial charge >= 0.3 is 0 Å². The predicted octanol–water partition coefficient (Wildman–Crippen LogP) is 3.62. The molecule has 0 amide bonds. The van der Waals surface area contributed by atoms with Crippen molar-refractivity contribution < 1.29 is 0 Å². The molecule has 0 atom stereocenters. The van der Waals surface area contributed by atoms with Gasteiger partial charge in [0.25, 0.3) is 0 Å². The summed E-state index contributed by atoms with van der Waals surface area (Å²) in [6, 6.07) is 11.8. The Hall–Kier alpha value is -2.00. The molecule has 0 saturated heterocycles. The molecule has 0 aliphatic rings. The molecule has 1 N–H and O–H groups in total. The van der Waals surface area contributed by atoms with Crippen LogP contribution in [0.4, 0.5) is 0 Å². The lowest BCUT2D eigenvalue weighted by Gasteiger charge is -1.93. The summed E-state index contributed by atoms with van der Waals surface area (Å²) >= 11 is 6.24. The first-order chi connectivity index (χ1) is 8.34. The van der Waals surface area contributed by atoms with E-state index in [2.05, 4.69) is 9.97 Å². The van der Waals surface area contributed by atoms with Crippen molar-refractivity contribution in [2.24, 2.45) is 0 Å². The molecule has 3 aromatic heterocycles. The Bertz CT molecular complexity index is 857. The third-order valence-electron chi connectivity index (χ3n) is 3.03. The van der Waals surface area contributed by atoms with Crippen LogP contribution >= 0.6 is 11.6 Å². The van der Waals surface area contributed by atoms with Crippen molar-refractivity contribution in [1.82, 2.24) is 14.4 Å². The topological polar surface area (TPSA) is 33.1 Å². The molecule has 1 aromatic carbocycles. The molecule has 82 valence electrons. The third-order valence-corrected chi connectivity index (χ3v) is 3.35. The average Bonchev–Trinajstić information content (AvgIpc) is 2.85. The van der Waals surface area contributed by atoms with Gasteiger partial charge < -0.3 is 4.98 Å². The van der Waals surface area contributed by atoms with E-state index in [4.69, 9.17) is 11.6 Å². The summed E-state index contributed by atoms with van der Waals surface area (Å²) in [7, 11) is 0. The van der Waals surface area contributed by atoms with Crippen LogP contribution in [0.25, 0.3) is 27.7 Å². The van der Waals surface area contributed by atoms with Crippen molar-refractivity contribution in [3.05, 3.63) is 47.6 Å². The van der Waals surface area contributed by atoms with Gasteiger partial charge in [-0.15, -0.1) is 0 Å². The number of H-pyrrole nitrogens is 1. The highest BCUT2D eigenvalue weighted by atomic mass is 35.5. The van der Waals surface area contributed by atoms with Crippen LogP contribution in [0, 0.1) is 0 Å². The van der Waals surface area contributed by atoms with Crippen molar-refractivity contribution >= 4 is 39.3 Å². The van der Waals surface area contributed by atoms with E-state index in [0.29, 0.717) is 0 Å². The lowest BCUT2D eigenvalue weighted by atomic mass is 10.2. The average molecular weight is 242 g/mol. The summed E-state index contributed by atoms with van der Waals surface area (Å²) in [4.78, 5) is 7.97. The number of aromatic amines is 1. The first kappa shape index (κ1) is 9.07. The minimum Gasteiger partial charge on any atom is -0.339 e. The number of benzene rings is 1. The van der Waals surface area contributed by atoms with Crippen molar-refractivity contribution in [1.29, 1.82) is 0 Å². The van der Waals surface area contributed by atoms with E-state index in [-0.39, 0.29) is 0 Å². The number of nitrogens with zero attached hydrogens (tertiary/aromatic N) is 2. The highest BCUT2D eigenvalue weighted by Crippen LogP contribution is 2.31.